The Balaban J connectivity index is 0.00000169. The molecule has 5 atom stereocenters. The van der Waals surface area contributed by atoms with Crippen molar-refractivity contribution in [2.24, 2.45) is 0 Å². The van der Waals surface area contributed by atoms with Crippen LogP contribution in [0.25, 0.3) is 11.6 Å². The van der Waals surface area contributed by atoms with Gasteiger partial charge in [-0.25, -0.2) is 0 Å². The third-order valence-electron chi connectivity index (χ3n) is 6.87. The zero-order valence-electron chi connectivity index (χ0n) is 24.8. The maximum atomic E-state index is 12.2. The fourth-order valence-corrected chi connectivity index (χ4v) is 4.74. The fourth-order valence-electron chi connectivity index (χ4n) is 4.74. The van der Waals surface area contributed by atoms with E-state index in [0.29, 0.717) is 0 Å². The number of ketones is 1. The Kier molecular flexibility index (Phi) is 18.4. The summed E-state index contributed by atoms with van der Waals surface area (Å²) in [4.78, 5) is 12.2. The van der Waals surface area contributed by atoms with Gasteiger partial charge in [-0.15, -0.1) is 0 Å². The van der Waals surface area contributed by atoms with Crippen LogP contribution in [0.4, 0.5) is 0 Å². The minimum atomic E-state index is -1.55. The van der Waals surface area contributed by atoms with Crippen molar-refractivity contribution >= 4 is 17.4 Å². The summed E-state index contributed by atoms with van der Waals surface area (Å²) in [6, 6.07) is 16.5. The zero-order chi connectivity index (χ0) is 30.4. The molecule has 1 fully saturated rings. The Morgan fingerprint density at radius 2 is 1.71 bits per heavy atom. The molecule has 2 aliphatic rings. The number of rotatable bonds is 11. The van der Waals surface area contributed by atoms with Crippen molar-refractivity contribution in [2.75, 3.05) is 34.0 Å². The number of ether oxygens (including phenoxy) is 2. The van der Waals surface area contributed by atoms with Crippen molar-refractivity contribution in [2.45, 2.75) is 57.0 Å². The van der Waals surface area contributed by atoms with Crippen LogP contribution in [0.15, 0.2) is 60.2 Å². The molecule has 4 rings (SSSR count). The van der Waals surface area contributed by atoms with Crippen molar-refractivity contribution < 1.29 is 74.5 Å². The third kappa shape index (κ3) is 10.7. The number of nitrogens with one attached hydrogen (secondary N) is 1. The summed E-state index contributed by atoms with van der Waals surface area (Å²) in [6.07, 6.45) is -1.89. The minimum Gasteiger partial charge on any atom is -0.857 e. The van der Waals surface area contributed by atoms with E-state index in [4.69, 9.17) is 19.7 Å². The number of aliphatic hydroxyl groups is 5. The van der Waals surface area contributed by atoms with Crippen LogP contribution in [0.2, 0.25) is 0 Å². The molecule has 1 heterocycles. The van der Waals surface area contributed by atoms with Gasteiger partial charge in [0.2, 0.25) is 0 Å². The first-order chi connectivity index (χ1) is 19.9. The summed E-state index contributed by atoms with van der Waals surface area (Å²) in [5.41, 5.74) is 7.69. The van der Waals surface area contributed by atoms with Crippen molar-refractivity contribution in [3.05, 3.63) is 82.4 Å². The normalized spacial score (nSPS) is 22.8. The van der Waals surface area contributed by atoms with Crippen LogP contribution in [0.3, 0.4) is 0 Å². The topological polar surface area (TPSA) is 172 Å². The van der Waals surface area contributed by atoms with Gasteiger partial charge < -0.3 is 45.4 Å². The van der Waals surface area contributed by atoms with Gasteiger partial charge in [-0.05, 0) is 60.2 Å². The van der Waals surface area contributed by atoms with Crippen molar-refractivity contribution in [3.63, 3.8) is 0 Å². The largest absolute Gasteiger partial charge is 1.00 e. The molecule has 42 heavy (non-hydrogen) atoms. The van der Waals surface area contributed by atoms with Crippen LogP contribution in [-0.4, -0.2) is 96.0 Å². The smallest absolute Gasteiger partial charge is 0.857 e. The summed E-state index contributed by atoms with van der Waals surface area (Å²) in [6.45, 7) is 2.92. The number of carbonyl (C=O) groups excluding carboxylic acids is 1. The summed E-state index contributed by atoms with van der Waals surface area (Å²) in [5, 5.41) is 57.5. The number of fused-ring (bicyclic) bond motifs is 1. The van der Waals surface area contributed by atoms with Gasteiger partial charge in [0, 0.05) is 13.7 Å². The molecule has 0 radical (unpaired) electrons. The van der Waals surface area contributed by atoms with E-state index in [9.17, 15) is 25.2 Å². The van der Waals surface area contributed by atoms with Crippen LogP contribution < -0.4 is 40.0 Å². The van der Waals surface area contributed by atoms with Gasteiger partial charge in [-0.3, -0.25) is 4.79 Å². The van der Waals surface area contributed by atoms with Gasteiger partial charge in [0.05, 0.1) is 6.61 Å². The van der Waals surface area contributed by atoms with E-state index in [0.717, 1.165) is 51.3 Å². The van der Waals surface area contributed by atoms with Gasteiger partial charge >= 0.3 is 29.6 Å². The molecule has 11 heteroatoms. The summed E-state index contributed by atoms with van der Waals surface area (Å²) in [5.74, 6) is -0.360. The number of benzene rings is 2. The van der Waals surface area contributed by atoms with Crippen molar-refractivity contribution in [1.82, 2.24) is 5.32 Å². The number of allylic oxidation sites excluding steroid dienone is 1. The molecule has 0 amide bonds. The van der Waals surface area contributed by atoms with Crippen LogP contribution in [0.1, 0.15) is 35.6 Å². The van der Waals surface area contributed by atoms with Gasteiger partial charge in [-0.2, -0.15) is 7.11 Å². The first-order valence-corrected chi connectivity index (χ1v) is 13.4. The molecular weight excluding hydrogens is 553 g/mol. The van der Waals surface area contributed by atoms with E-state index in [1.807, 2.05) is 24.3 Å². The van der Waals surface area contributed by atoms with Crippen molar-refractivity contribution in [3.8, 4) is 0 Å². The van der Waals surface area contributed by atoms with E-state index in [1.165, 1.54) is 28.3 Å². The molecule has 226 valence electrons. The minimum absolute atomic E-state index is 0. The van der Waals surface area contributed by atoms with E-state index >= 15 is 0 Å². The Morgan fingerprint density at radius 1 is 1.05 bits per heavy atom. The van der Waals surface area contributed by atoms with Crippen LogP contribution in [-0.2, 0) is 27.2 Å². The average molecular weight is 596 g/mol. The van der Waals surface area contributed by atoms with Crippen molar-refractivity contribution in [1.29, 1.82) is 0 Å². The SMILES string of the molecule is CC1=C(CCNCc2ccc(/C=C/C(=O)CO[C@@H]3O[C@H](CO)[C@H](O)[C@H](O)[C@H]3O)cc2)c2ccccc2C1.CO.C[O-].[Na+]. The van der Waals surface area contributed by atoms with Crippen LogP contribution in [0.5, 0.6) is 0 Å². The Bertz CT molecular complexity index is 1140. The molecule has 0 saturated carbocycles. The molecule has 0 unspecified atom stereocenters. The van der Waals surface area contributed by atoms with E-state index in [2.05, 4.69) is 36.5 Å². The number of hydrogen-bond donors (Lipinski definition) is 6. The second-order valence-electron chi connectivity index (χ2n) is 9.57. The maximum absolute atomic E-state index is 12.2. The molecule has 1 saturated heterocycles. The van der Waals surface area contributed by atoms with E-state index in [-0.39, 0.29) is 41.9 Å². The molecule has 1 aliphatic heterocycles. The third-order valence-corrected chi connectivity index (χ3v) is 6.87. The first-order valence-electron chi connectivity index (χ1n) is 13.4. The van der Waals surface area contributed by atoms with Crippen LogP contribution in [0, 0.1) is 0 Å². The standard InChI is InChI=1S/C29H35NO7.CH4O.CH3O.Na/c1-18-14-21-4-2-3-5-24(21)23(18)12-13-30-15-20-8-6-19(7-9-20)10-11-22(32)17-36-29-28(35)27(34)26(33)25(16-31)37-29;2*1-2;/h2-11,25-31,33-35H,12-17H2,1H3;2H,1H3;1H3;/q;;-1;+1/b11-10+;;;/t25-,26+,27+,28-,29-;;;/m1.../s1. The molecule has 10 nitrogen and oxygen atoms in total. The van der Waals surface area contributed by atoms with E-state index in [1.54, 1.807) is 6.08 Å². The number of carbonyl (C=O) groups is 1. The summed E-state index contributed by atoms with van der Waals surface area (Å²) < 4.78 is 10.5. The van der Waals surface area contributed by atoms with Gasteiger partial charge in [0.1, 0.15) is 31.0 Å². The molecule has 2 aromatic rings. The zero-order valence-corrected chi connectivity index (χ0v) is 26.8. The molecule has 2 aromatic carbocycles. The quantitative estimate of drug-likeness (QED) is 0.0905. The summed E-state index contributed by atoms with van der Waals surface area (Å²) in [7, 11) is 1.75. The average Bonchev–Trinajstić information content (AvgIpc) is 3.34. The molecule has 1 aliphatic carbocycles. The monoisotopic (exact) mass is 595 g/mol. The van der Waals surface area contributed by atoms with Gasteiger partial charge in [0.15, 0.2) is 12.1 Å². The predicted molar refractivity (Wildman–Crippen MR) is 153 cm³/mol. The molecule has 0 bridgehead atoms. The maximum Gasteiger partial charge on any atom is 1.00 e. The van der Waals surface area contributed by atoms with Gasteiger partial charge in [-0.1, -0.05) is 60.2 Å². The first kappa shape index (κ1) is 38.3. The molecular formula is C31H42NNaO9. The van der Waals surface area contributed by atoms with Crippen LogP contribution >= 0.6 is 0 Å². The molecule has 0 spiro atoms. The fraction of sp³-hybridized carbons (Fsp3) is 0.452. The summed E-state index contributed by atoms with van der Waals surface area (Å²) >= 11 is 0. The molecule has 0 aromatic heterocycles. The Labute approximate surface area is 269 Å². The number of hydrogen-bond acceptors (Lipinski definition) is 10. The Hall–Kier alpha value is -1.77. The van der Waals surface area contributed by atoms with Gasteiger partial charge in [0.25, 0.3) is 0 Å². The second kappa shape index (κ2) is 20.2. The predicted octanol–water partition coefficient (Wildman–Crippen LogP) is -2.82. The second-order valence-corrected chi connectivity index (χ2v) is 9.57. The number of aliphatic hydroxyl groups excluding tert-OH is 5. The molecule has 6 N–H and O–H groups in total. The Morgan fingerprint density at radius 3 is 2.38 bits per heavy atom. The van der Waals surface area contributed by atoms with E-state index < -0.39 is 37.3 Å².